The van der Waals surface area contributed by atoms with E-state index in [2.05, 4.69) is 47.4 Å². The lowest BCUT2D eigenvalue weighted by atomic mass is 9.84. The molecule has 0 spiro atoms. The summed E-state index contributed by atoms with van der Waals surface area (Å²) < 4.78 is 0. The molecule has 0 aliphatic rings. The van der Waals surface area contributed by atoms with Gasteiger partial charge in [0.1, 0.15) is 5.01 Å². The van der Waals surface area contributed by atoms with E-state index >= 15 is 0 Å². The number of thiazole rings is 1. The summed E-state index contributed by atoms with van der Waals surface area (Å²) in [5, 5.41) is 8.50. The largest absolute Gasteiger partial charge is 0.356 e. The number of rotatable bonds is 5. The van der Waals surface area contributed by atoms with Crippen molar-refractivity contribution in [2.45, 2.75) is 32.7 Å². The van der Waals surface area contributed by atoms with E-state index in [1.54, 1.807) is 18.4 Å². The van der Waals surface area contributed by atoms with Crippen LogP contribution in [-0.4, -0.2) is 24.5 Å². The van der Waals surface area contributed by atoms with Crippen LogP contribution in [0.3, 0.4) is 0 Å². The number of hydrogen-bond acceptors (Lipinski definition) is 3. The van der Waals surface area contributed by atoms with Crippen molar-refractivity contribution in [2.24, 2.45) is 4.99 Å². The number of nitrogens with one attached hydrogen (secondary N) is 2. The van der Waals surface area contributed by atoms with E-state index in [1.165, 1.54) is 4.88 Å². The van der Waals surface area contributed by atoms with E-state index < -0.39 is 0 Å². The summed E-state index contributed by atoms with van der Waals surface area (Å²) in [6, 6.07) is 7.96. The summed E-state index contributed by atoms with van der Waals surface area (Å²) in [7, 11) is 1.77. The lowest BCUT2D eigenvalue weighted by Gasteiger charge is -2.27. The number of aryl methyl sites for hydroxylation is 1. The standard InChI is InChI=1S/C17H23ClN4S.HI/c1-12-9-20-15(23-12)10-21-16(19-4)22-11-17(2,3)13-7-5-6-8-14(13)18;/h5-9H,10-11H2,1-4H3,(H2,19,21,22);1H. The van der Waals surface area contributed by atoms with E-state index in [0.29, 0.717) is 6.54 Å². The molecule has 2 aromatic rings. The molecular formula is C17H24ClIN4S. The van der Waals surface area contributed by atoms with Gasteiger partial charge in [-0.3, -0.25) is 4.99 Å². The Kier molecular flexibility index (Phi) is 8.45. The molecule has 0 saturated heterocycles. The van der Waals surface area contributed by atoms with E-state index in [0.717, 1.165) is 28.1 Å². The quantitative estimate of drug-likeness (QED) is 0.381. The zero-order valence-corrected chi connectivity index (χ0v) is 18.3. The minimum Gasteiger partial charge on any atom is -0.356 e. The number of aliphatic imine (C=N–C) groups is 1. The molecule has 2 N–H and O–H groups in total. The van der Waals surface area contributed by atoms with Gasteiger partial charge in [-0.1, -0.05) is 43.6 Å². The first-order chi connectivity index (χ1) is 10.9. The minimum absolute atomic E-state index is 0. The second kappa shape index (κ2) is 9.58. The van der Waals surface area contributed by atoms with Crippen LogP contribution in [-0.2, 0) is 12.0 Å². The summed E-state index contributed by atoms with van der Waals surface area (Å²) in [5.74, 6) is 0.762. The van der Waals surface area contributed by atoms with Crippen LogP contribution in [0.25, 0.3) is 0 Å². The van der Waals surface area contributed by atoms with Crippen molar-refractivity contribution >= 4 is 52.9 Å². The molecule has 1 aromatic carbocycles. The lowest BCUT2D eigenvalue weighted by molar-refractivity contribution is 0.509. The molecule has 24 heavy (non-hydrogen) atoms. The third-order valence-corrected chi connectivity index (χ3v) is 4.84. The molecule has 0 saturated carbocycles. The minimum atomic E-state index is -0.103. The van der Waals surface area contributed by atoms with Crippen molar-refractivity contribution in [3.05, 3.63) is 50.9 Å². The lowest BCUT2D eigenvalue weighted by Crippen LogP contribution is -2.43. The molecule has 0 unspecified atom stereocenters. The molecule has 0 amide bonds. The second-order valence-corrected chi connectivity index (χ2v) is 7.73. The fraction of sp³-hybridized carbons (Fsp3) is 0.412. The van der Waals surface area contributed by atoms with Crippen LogP contribution in [0, 0.1) is 6.92 Å². The van der Waals surface area contributed by atoms with Crippen molar-refractivity contribution in [1.82, 2.24) is 15.6 Å². The van der Waals surface area contributed by atoms with Gasteiger partial charge in [0, 0.05) is 35.1 Å². The Hall–Kier alpha value is -0.860. The van der Waals surface area contributed by atoms with Crippen molar-refractivity contribution < 1.29 is 0 Å². The Balaban J connectivity index is 0.00000288. The maximum absolute atomic E-state index is 6.32. The highest BCUT2D eigenvalue weighted by Crippen LogP contribution is 2.28. The molecule has 2 rings (SSSR count). The second-order valence-electron chi connectivity index (χ2n) is 6.01. The van der Waals surface area contributed by atoms with Crippen molar-refractivity contribution in [2.75, 3.05) is 13.6 Å². The van der Waals surface area contributed by atoms with Gasteiger partial charge in [0.25, 0.3) is 0 Å². The average Bonchev–Trinajstić information content (AvgIpc) is 2.93. The number of hydrogen-bond donors (Lipinski definition) is 2. The first-order valence-electron chi connectivity index (χ1n) is 7.53. The zero-order chi connectivity index (χ0) is 16.9. The first kappa shape index (κ1) is 21.2. The highest BCUT2D eigenvalue weighted by molar-refractivity contribution is 14.0. The third kappa shape index (κ3) is 5.89. The molecular weight excluding hydrogens is 455 g/mol. The Morgan fingerprint density at radius 2 is 2.00 bits per heavy atom. The zero-order valence-electron chi connectivity index (χ0n) is 14.4. The molecule has 0 aliphatic carbocycles. The molecule has 1 aromatic heterocycles. The Bertz CT molecular complexity index is 685. The number of aromatic nitrogens is 1. The summed E-state index contributed by atoms with van der Waals surface area (Å²) in [5.41, 5.74) is 1.02. The van der Waals surface area contributed by atoms with Crippen LogP contribution in [0.4, 0.5) is 0 Å². The van der Waals surface area contributed by atoms with Gasteiger partial charge in [-0.15, -0.1) is 35.3 Å². The third-order valence-electron chi connectivity index (χ3n) is 3.60. The van der Waals surface area contributed by atoms with Crippen LogP contribution in [0.1, 0.15) is 29.3 Å². The summed E-state index contributed by atoms with van der Waals surface area (Å²) >= 11 is 8.01. The number of nitrogens with zero attached hydrogens (tertiary/aromatic N) is 2. The van der Waals surface area contributed by atoms with Gasteiger partial charge in [-0.05, 0) is 18.6 Å². The van der Waals surface area contributed by atoms with E-state index in [4.69, 9.17) is 11.6 Å². The van der Waals surface area contributed by atoms with Crippen molar-refractivity contribution in [3.8, 4) is 0 Å². The molecule has 1 heterocycles. The van der Waals surface area contributed by atoms with Crippen LogP contribution < -0.4 is 10.6 Å². The van der Waals surface area contributed by atoms with E-state index in [1.807, 2.05) is 24.4 Å². The normalized spacial score (nSPS) is 11.8. The molecule has 132 valence electrons. The van der Waals surface area contributed by atoms with Gasteiger partial charge in [0.15, 0.2) is 5.96 Å². The molecule has 4 nitrogen and oxygen atoms in total. The van der Waals surface area contributed by atoms with Crippen LogP contribution >= 0.6 is 46.9 Å². The fourth-order valence-electron chi connectivity index (χ4n) is 2.27. The average molecular weight is 479 g/mol. The smallest absolute Gasteiger partial charge is 0.191 e. The number of guanidine groups is 1. The van der Waals surface area contributed by atoms with Gasteiger partial charge < -0.3 is 10.6 Å². The van der Waals surface area contributed by atoms with Gasteiger partial charge in [-0.25, -0.2) is 4.98 Å². The Labute approximate surface area is 170 Å². The highest BCUT2D eigenvalue weighted by atomic mass is 127. The Morgan fingerprint density at radius 3 is 2.58 bits per heavy atom. The molecule has 0 atom stereocenters. The first-order valence-corrected chi connectivity index (χ1v) is 8.72. The fourth-order valence-corrected chi connectivity index (χ4v) is 3.39. The van der Waals surface area contributed by atoms with E-state index in [9.17, 15) is 0 Å². The maximum Gasteiger partial charge on any atom is 0.191 e. The van der Waals surface area contributed by atoms with Gasteiger partial charge in [0.05, 0.1) is 6.54 Å². The molecule has 0 fully saturated rings. The molecule has 7 heteroatoms. The summed E-state index contributed by atoms with van der Waals surface area (Å²) in [6.07, 6.45) is 1.89. The maximum atomic E-state index is 6.32. The van der Waals surface area contributed by atoms with Crippen LogP contribution in [0.5, 0.6) is 0 Å². The van der Waals surface area contributed by atoms with Crippen LogP contribution in [0.2, 0.25) is 5.02 Å². The highest BCUT2D eigenvalue weighted by Gasteiger charge is 2.23. The van der Waals surface area contributed by atoms with Gasteiger partial charge in [0.2, 0.25) is 0 Å². The SMILES string of the molecule is CN=C(NCc1ncc(C)s1)NCC(C)(C)c1ccccc1Cl.I. The molecule has 0 bridgehead atoms. The van der Waals surface area contributed by atoms with Gasteiger partial charge >= 0.3 is 0 Å². The van der Waals surface area contributed by atoms with E-state index in [-0.39, 0.29) is 29.4 Å². The summed E-state index contributed by atoms with van der Waals surface area (Å²) in [6.45, 7) is 7.79. The van der Waals surface area contributed by atoms with Gasteiger partial charge in [-0.2, -0.15) is 0 Å². The monoisotopic (exact) mass is 478 g/mol. The van der Waals surface area contributed by atoms with Crippen LogP contribution in [0.15, 0.2) is 35.5 Å². The molecule has 0 aliphatic heterocycles. The summed E-state index contributed by atoms with van der Waals surface area (Å²) in [4.78, 5) is 9.83. The molecule has 0 radical (unpaired) electrons. The van der Waals surface area contributed by atoms with Crippen molar-refractivity contribution in [3.63, 3.8) is 0 Å². The number of benzene rings is 1. The van der Waals surface area contributed by atoms with Crippen molar-refractivity contribution in [1.29, 1.82) is 0 Å². The Morgan fingerprint density at radius 1 is 1.29 bits per heavy atom. The predicted octanol–water partition coefficient (Wildman–Crippen LogP) is 4.37. The topological polar surface area (TPSA) is 49.3 Å². The predicted molar refractivity (Wildman–Crippen MR) is 115 cm³/mol. The number of halogens is 2.